The van der Waals surface area contributed by atoms with Gasteiger partial charge in [0.2, 0.25) is 5.91 Å². The van der Waals surface area contributed by atoms with E-state index in [4.69, 9.17) is 0 Å². The normalized spacial score (nSPS) is 15.5. The van der Waals surface area contributed by atoms with E-state index in [2.05, 4.69) is 5.32 Å². The summed E-state index contributed by atoms with van der Waals surface area (Å²) in [5.74, 6) is 1.31. The maximum absolute atomic E-state index is 13.5. The summed E-state index contributed by atoms with van der Waals surface area (Å²) >= 11 is 1.42. The van der Waals surface area contributed by atoms with E-state index in [1.54, 1.807) is 12.1 Å². The minimum atomic E-state index is -0.206. The Bertz CT molecular complexity index is 467. The molecule has 1 aliphatic rings. The fraction of sp³-hybridized carbons (Fsp3) is 0.562. The Morgan fingerprint density at radius 3 is 2.68 bits per heavy atom. The highest BCUT2D eigenvalue weighted by Crippen LogP contribution is 2.23. The van der Waals surface area contributed by atoms with Crippen molar-refractivity contribution in [2.45, 2.75) is 24.2 Å². The van der Waals surface area contributed by atoms with Crippen LogP contribution in [0.3, 0.4) is 0 Å². The number of nitrogens with zero attached hydrogens (tertiary/aromatic N) is 1. The van der Waals surface area contributed by atoms with Gasteiger partial charge in [-0.1, -0.05) is 12.1 Å². The molecule has 6 heteroatoms. The van der Waals surface area contributed by atoms with Crippen LogP contribution in [0.4, 0.5) is 4.39 Å². The summed E-state index contributed by atoms with van der Waals surface area (Å²) in [4.78, 5) is 14.7. The zero-order valence-corrected chi connectivity index (χ0v) is 14.5. The molecule has 0 spiro atoms. The second-order valence-corrected chi connectivity index (χ2v) is 6.55. The minimum absolute atomic E-state index is 0. The van der Waals surface area contributed by atoms with Crippen LogP contribution in [0.15, 0.2) is 29.2 Å². The summed E-state index contributed by atoms with van der Waals surface area (Å²) in [6.45, 7) is 2.75. The average molecular weight is 347 g/mol. The molecule has 0 aromatic heterocycles. The van der Waals surface area contributed by atoms with Gasteiger partial charge in [0.15, 0.2) is 0 Å². The smallest absolute Gasteiger partial charge is 0.223 e. The largest absolute Gasteiger partial charge is 0.343 e. The van der Waals surface area contributed by atoms with Crippen LogP contribution in [-0.4, -0.2) is 43.2 Å². The van der Waals surface area contributed by atoms with E-state index < -0.39 is 0 Å². The van der Waals surface area contributed by atoms with E-state index in [0.29, 0.717) is 23.0 Å². The molecular weight excluding hydrogens is 323 g/mol. The Hall–Kier alpha value is -0.780. The number of benzene rings is 1. The van der Waals surface area contributed by atoms with Gasteiger partial charge >= 0.3 is 0 Å². The molecule has 3 nitrogen and oxygen atoms in total. The minimum Gasteiger partial charge on any atom is -0.343 e. The van der Waals surface area contributed by atoms with Crippen LogP contribution in [0, 0.1) is 11.7 Å². The Kier molecular flexibility index (Phi) is 8.83. The van der Waals surface area contributed by atoms with Crippen molar-refractivity contribution in [3.63, 3.8) is 0 Å². The third-order valence-electron chi connectivity index (χ3n) is 3.87. The van der Waals surface area contributed by atoms with E-state index in [1.807, 2.05) is 18.0 Å². The Morgan fingerprint density at radius 1 is 1.36 bits per heavy atom. The van der Waals surface area contributed by atoms with Gasteiger partial charge in [0.25, 0.3) is 0 Å². The van der Waals surface area contributed by atoms with Gasteiger partial charge in [-0.25, -0.2) is 4.39 Å². The molecule has 1 amide bonds. The van der Waals surface area contributed by atoms with Crippen LogP contribution >= 0.6 is 24.2 Å². The van der Waals surface area contributed by atoms with Crippen molar-refractivity contribution in [2.75, 3.05) is 32.4 Å². The number of amides is 1. The highest BCUT2D eigenvalue weighted by molar-refractivity contribution is 7.99. The summed E-state index contributed by atoms with van der Waals surface area (Å²) < 4.78 is 13.5. The SMILES string of the molecule is CNCC1CCN(C(=O)CCSc2ccccc2F)CC1.Cl. The fourth-order valence-electron chi connectivity index (χ4n) is 2.64. The summed E-state index contributed by atoms with van der Waals surface area (Å²) in [5.41, 5.74) is 0. The summed E-state index contributed by atoms with van der Waals surface area (Å²) in [6.07, 6.45) is 2.63. The van der Waals surface area contributed by atoms with Crippen LogP contribution in [0.25, 0.3) is 0 Å². The number of hydrogen-bond acceptors (Lipinski definition) is 3. The van der Waals surface area contributed by atoms with Crippen molar-refractivity contribution < 1.29 is 9.18 Å². The summed E-state index contributed by atoms with van der Waals surface area (Å²) in [7, 11) is 1.97. The lowest BCUT2D eigenvalue weighted by Gasteiger charge is -2.32. The van der Waals surface area contributed by atoms with Crippen LogP contribution < -0.4 is 5.32 Å². The molecule has 0 saturated carbocycles. The number of likely N-dealkylation sites (tertiary alicyclic amines) is 1. The molecule has 1 aliphatic heterocycles. The van der Waals surface area contributed by atoms with Gasteiger partial charge in [-0.3, -0.25) is 4.79 Å². The molecule has 22 heavy (non-hydrogen) atoms. The van der Waals surface area contributed by atoms with E-state index >= 15 is 0 Å². The maximum Gasteiger partial charge on any atom is 0.223 e. The Labute approximate surface area is 142 Å². The number of halogens is 2. The van der Waals surface area contributed by atoms with Crippen LogP contribution in [0.2, 0.25) is 0 Å². The molecule has 1 aromatic carbocycles. The quantitative estimate of drug-likeness (QED) is 0.803. The molecule has 1 heterocycles. The molecule has 0 aliphatic carbocycles. The number of carbonyl (C=O) groups is 1. The van der Waals surface area contributed by atoms with Crippen LogP contribution in [0.5, 0.6) is 0 Å². The number of nitrogens with one attached hydrogen (secondary N) is 1. The van der Waals surface area contributed by atoms with Crippen molar-refractivity contribution in [2.24, 2.45) is 5.92 Å². The topological polar surface area (TPSA) is 32.3 Å². The monoisotopic (exact) mass is 346 g/mol. The highest BCUT2D eigenvalue weighted by atomic mass is 35.5. The number of piperidine rings is 1. The first-order valence-corrected chi connectivity index (χ1v) is 8.49. The molecule has 1 fully saturated rings. The van der Waals surface area contributed by atoms with Gasteiger partial charge in [-0.05, 0) is 44.5 Å². The highest BCUT2D eigenvalue weighted by Gasteiger charge is 2.21. The van der Waals surface area contributed by atoms with Crippen molar-refractivity contribution in [1.82, 2.24) is 10.2 Å². The summed E-state index contributed by atoms with van der Waals surface area (Å²) in [5, 5.41) is 3.20. The molecule has 0 unspecified atom stereocenters. The third-order valence-corrected chi connectivity index (χ3v) is 4.92. The van der Waals surface area contributed by atoms with E-state index in [9.17, 15) is 9.18 Å². The van der Waals surface area contributed by atoms with E-state index in [-0.39, 0.29) is 24.1 Å². The third kappa shape index (κ3) is 5.78. The lowest BCUT2D eigenvalue weighted by atomic mass is 9.97. The first-order chi connectivity index (χ1) is 10.2. The first-order valence-electron chi connectivity index (χ1n) is 7.50. The second-order valence-electron chi connectivity index (χ2n) is 5.41. The first kappa shape index (κ1) is 19.3. The van der Waals surface area contributed by atoms with Crippen molar-refractivity contribution in [3.8, 4) is 0 Å². The summed E-state index contributed by atoms with van der Waals surface area (Å²) in [6, 6.07) is 6.71. The fourth-order valence-corrected chi connectivity index (χ4v) is 3.52. The zero-order valence-electron chi connectivity index (χ0n) is 12.9. The molecule has 2 rings (SSSR count). The van der Waals surface area contributed by atoms with Crippen molar-refractivity contribution >= 4 is 30.1 Å². The van der Waals surface area contributed by atoms with E-state index in [0.717, 1.165) is 32.5 Å². The van der Waals surface area contributed by atoms with Crippen LogP contribution in [0.1, 0.15) is 19.3 Å². The molecule has 124 valence electrons. The van der Waals surface area contributed by atoms with Gasteiger partial charge in [0, 0.05) is 30.2 Å². The standard InChI is InChI=1S/C16H23FN2OS.ClH/c1-18-12-13-6-9-19(10-7-13)16(20)8-11-21-15-5-3-2-4-14(15)17;/h2-5,13,18H,6-12H2,1H3;1H. The Balaban J connectivity index is 0.00000242. The van der Waals surface area contributed by atoms with Gasteiger partial charge < -0.3 is 10.2 Å². The molecular formula is C16H24ClFN2OS. The number of thioether (sulfide) groups is 1. The molecule has 0 bridgehead atoms. The molecule has 1 saturated heterocycles. The maximum atomic E-state index is 13.5. The van der Waals surface area contributed by atoms with Gasteiger partial charge in [0.05, 0.1) is 0 Å². The average Bonchev–Trinajstić information content (AvgIpc) is 2.50. The molecule has 0 atom stereocenters. The van der Waals surface area contributed by atoms with Crippen molar-refractivity contribution in [3.05, 3.63) is 30.1 Å². The van der Waals surface area contributed by atoms with Gasteiger partial charge in [0.1, 0.15) is 5.82 Å². The zero-order chi connectivity index (χ0) is 15.1. The second kappa shape index (κ2) is 10.1. The molecule has 1 aromatic rings. The Morgan fingerprint density at radius 2 is 2.05 bits per heavy atom. The number of hydrogen-bond donors (Lipinski definition) is 1. The van der Waals surface area contributed by atoms with E-state index in [1.165, 1.54) is 17.8 Å². The molecule has 1 N–H and O–H groups in total. The van der Waals surface area contributed by atoms with Gasteiger partial charge in [-0.2, -0.15) is 0 Å². The lowest BCUT2D eigenvalue weighted by molar-refractivity contribution is -0.132. The predicted octanol–water partition coefficient (Wildman–Crippen LogP) is 3.19. The molecule has 0 radical (unpaired) electrons. The number of carbonyl (C=O) groups excluding carboxylic acids is 1. The van der Waals surface area contributed by atoms with Crippen LogP contribution in [-0.2, 0) is 4.79 Å². The predicted molar refractivity (Wildman–Crippen MR) is 92.2 cm³/mol. The van der Waals surface area contributed by atoms with Crippen molar-refractivity contribution in [1.29, 1.82) is 0 Å². The lowest BCUT2D eigenvalue weighted by Crippen LogP contribution is -2.40. The van der Waals surface area contributed by atoms with Gasteiger partial charge in [-0.15, -0.1) is 24.2 Å². The number of rotatable bonds is 6.